The fourth-order valence-electron chi connectivity index (χ4n) is 3.92. The van der Waals surface area contributed by atoms with Crippen molar-refractivity contribution in [2.75, 3.05) is 38.0 Å². The molecule has 0 spiro atoms. The highest BCUT2D eigenvalue weighted by Crippen LogP contribution is 2.27. The third-order valence-corrected chi connectivity index (χ3v) is 5.43. The Bertz CT molecular complexity index is 764. The highest BCUT2D eigenvalue weighted by molar-refractivity contribution is 5.96. The van der Waals surface area contributed by atoms with Crippen LogP contribution in [0.1, 0.15) is 39.2 Å². The van der Waals surface area contributed by atoms with Crippen LogP contribution in [-0.4, -0.2) is 65.8 Å². The zero-order valence-corrected chi connectivity index (χ0v) is 17.7. The fraction of sp³-hybridized carbons (Fsp3) is 0.591. The van der Waals surface area contributed by atoms with E-state index in [1.165, 1.54) is 0 Å². The number of rotatable bonds is 5. The maximum absolute atomic E-state index is 12.6. The second-order valence-corrected chi connectivity index (χ2v) is 9.04. The van der Waals surface area contributed by atoms with Crippen LogP contribution >= 0.6 is 0 Å². The predicted octanol–water partition coefficient (Wildman–Crippen LogP) is 1.64. The smallest absolute Gasteiger partial charge is 0.234 e. The largest absolute Gasteiger partial charge is 0.350 e. The van der Waals surface area contributed by atoms with Crippen LogP contribution in [0.15, 0.2) is 24.3 Å². The first-order chi connectivity index (χ1) is 13.7. The first-order valence-corrected chi connectivity index (χ1v) is 10.4. The Morgan fingerprint density at radius 1 is 1.14 bits per heavy atom. The van der Waals surface area contributed by atoms with E-state index in [9.17, 15) is 14.4 Å². The zero-order valence-electron chi connectivity index (χ0n) is 17.7. The van der Waals surface area contributed by atoms with E-state index >= 15 is 0 Å². The number of para-hydroxylation sites is 1. The summed E-state index contributed by atoms with van der Waals surface area (Å²) in [5.74, 6) is -0.0428. The SMILES string of the molecule is CC(C)(C)NC(=O)CN1CCN(C(=O)CCC2Cc3ccccc3NC2=O)CC1. The average molecular weight is 401 g/mol. The summed E-state index contributed by atoms with van der Waals surface area (Å²) in [5.41, 5.74) is 1.78. The molecule has 1 fully saturated rings. The Morgan fingerprint density at radius 3 is 2.52 bits per heavy atom. The molecule has 2 aliphatic rings. The maximum atomic E-state index is 12.6. The summed E-state index contributed by atoms with van der Waals surface area (Å²) < 4.78 is 0. The molecule has 3 amide bonds. The van der Waals surface area contributed by atoms with E-state index < -0.39 is 0 Å². The van der Waals surface area contributed by atoms with Crippen molar-refractivity contribution < 1.29 is 14.4 Å². The number of carbonyl (C=O) groups is 3. The monoisotopic (exact) mass is 400 g/mol. The minimum absolute atomic E-state index is 0.00572. The topological polar surface area (TPSA) is 81.8 Å². The number of nitrogens with one attached hydrogen (secondary N) is 2. The van der Waals surface area contributed by atoms with Crippen molar-refractivity contribution in [2.24, 2.45) is 5.92 Å². The summed E-state index contributed by atoms with van der Waals surface area (Å²) in [7, 11) is 0. The minimum Gasteiger partial charge on any atom is -0.350 e. The van der Waals surface area contributed by atoms with Gasteiger partial charge in [0.1, 0.15) is 0 Å². The minimum atomic E-state index is -0.235. The molecule has 2 N–H and O–H groups in total. The molecule has 3 rings (SSSR count). The van der Waals surface area contributed by atoms with Crippen LogP contribution in [0.5, 0.6) is 0 Å². The standard InChI is InChI=1S/C22H32N4O3/c1-22(2,3)24-19(27)15-25-10-12-26(13-11-25)20(28)9-8-17-14-16-6-4-5-7-18(16)23-21(17)29/h4-7,17H,8-15H2,1-3H3,(H,23,29)(H,24,27). The molecular formula is C22H32N4O3. The summed E-state index contributed by atoms with van der Waals surface area (Å²) in [6.07, 6.45) is 1.63. The third-order valence-electron chi connectivity index (χ3n) is 5.43. The van der Waals surface area contributed by atoms with Gasteiger partial charge in [0.05, 0.1) is 6.54 Å². The molecule has 29 heavy (non-hydrogen) atoms. The van der Waals surface area contributed by atoms with Gasteiger partial charge in [-0.25, -0.2) is 0 Å². The van der Waals surface area contributed by atoms with Crippen molar-refractivity contribution in [3.8, 4) is 0 Å². The quantitative estimate of drug-likeness (QED) is 0.787. The van der Waals surface area contributed by atoms with Gasteiger partial charge in [0.25, 0.3) is 0 Å². The van der Waals surface area contributed by atoms with Gasteiger partial charge >= 0.3 is 0 Å². The normalized spacial score (nSPS) is 20.0. The van der Waals surface area contributed by atoms with Crippen molar-refractivity contribution >= 4 is 23.4 Å². The number of amides is 3. The molecule has 1 unspecified atom stereocenters. The highest BCUT2D eigenvalue weighted by atomic mass is 16.2. The number of carbonyl (C=O) groups excluding carboxylic acids is 3. The summed E-state index contributed by atoms with van der Waals surface area (Å²) in [6, 6.07) is 7.82. The van der Waals surface area contributed by atoms with Crippen molar-refractivity contribution in [3.63, 3.8) is 0 Å². The van der Waals surface area contributed by atoms with Gasteiger partial charge in [-0.3, -0.25) is 19.3 Å². The average Bonchev–Trinajstić information content (AvgIpc) is 2.65. The van der Waals surface area contributed by atoms with E-state index in [0.717, 1.165) is 11.3 Å². The van der Waals surface area contributed by atoms with Crippen molar-refractivity contribution in [3.05, 3.63) is 29.8 Å². The first-order valence-electron chi connectivity index (χ1n) is 10.4. The number of hydrogen-bond donors (Lipinski definition) is 2. The van der Waals surface area contributed by atoms with Crippen molar-refractivity contribution in [1.29, 1.82) is 0 Å². The van der Waals surface area contributed by atoms with Gasteiger partial charge in [-0.05, 0) is 45.2 Å². The van der Waals surface area contributed by atoms with Crippen LogP contribution in [0, 0.1) is 5.92 Å². The van der Waals surface area contributed by atoms with E-state index in [2.05, 4.69) is 15.5 Å². The van der Waals surface area contributed by atoms with Gasteiger partial charge in [-0.1, -0.05) is 18.2 Å². The number of piperazine rings is 1. The lowest BCUT2D eigenvalue weighted by Gasteiger charge is -2.35. The van der Waals surface area contributed by atoms with Gasteiger partial charge in [0, 0.05) is 49.7 Å². The number of benzene rings is 1. The lowest BCUT2D eigenvalue weighted by atomic mass is 9.89. The van der Waals surface area contributed by atoms with E-state index in [-0.39, 0.29) is 29.2 Å². The molecule has 1 saturated heterocycles. The molecule has 1 aromatic rings. The summed E-state index contributed by atoms with van der Waals surface area (Å²) in [6.45, 7) is 8.90. The van der Waals surface area contributed by atoms with Gasteiger partial charge in [0.2, 0.25) is 17.7 Å². The highest BCUT2D eigenvalue weighted by Gasteiger charge is 2.28. The van der Waals surface area contributed by atoms with Gasteiger partial charge < -0.3 is 15.5 Å². The molecule has 0 saturated carbocycles. The Hall–Kier alpha value is -2.41. The summed E-state index contributed by atoms with van der Waals surface area (Å²) in [4.78, 5) is 40.9. The maximum Gasteiger partial charge on any atom is 0.234 e. The van der Waals surface area contributed by atoms with Crippen LogP contribution in [0.2, 0.25) is 0 Å². The van der Waals surface area contributed by atoms with E-state index in [4.69, 9.17) is 0 Å². The van der Waals surface area contributed by atoms with Crippen LogP contribution < -0.4 is 10.6 Å². The lowest BCUT2D eigenvalue weighted by Crippen LogP contribution is -2.52. The molecule has 7 heteroatoms. The molecule has 2 heterocycles. The number of fused-ring (bicyclic) bond motifs is 1. The van der Waals surface area contributed by atoms with E-state index in [0.29, 0.717) is 52.0 Å². The van der Waals surface area contributed by atoms with E-state index in [1.807, 2.05) is 49.9 Å². The molecule has 2 aliphatic heterocycles. The Balaban J connectivity index is 1.41. The zero-order chi connectivity index (χ0) is 21.0. The molecule has 0 bridgehead atoms. The Morgan fingerprint density at radius 2 is 1.83 bits per heavy atom. The molecule has 0 radical (unpaired) electrons. The molecule has 1 atom stereocenters. The van der Waals surface area contributed by atoms with E-state index in [1.54, 1.807) is 0 Å². The second-order valence-electron chi connectivity index (χ2n) is 9.04. The third kappa shape index (κ3) is 6.03. The lowest BCUT2D eigenvalue weighted by molar-refractivity contribution is -0.133. The number of nitrogens with zero attached hydrogens (tertiary/aromatic N) is 2. The summed E-state index contributed by atoms with van der Waals surface area (Å²) >= 11 is 0. The van der Waals surface area contributed by atoms with Crippen LogP contribution in [0.4, 0.5) is 5.69 Å². The number of hydrogen-bond acceptors (Lipinski definition) is 4. The molecule has 0 aromatic heterocycles. The number of anilines is 1. The fourth-order valence-corrected chi connectivity index (χ4v) is 3.92. The first kappa shape index (κ1) is 21.3. The molecule has 158 valence electrons. The molecule has 1 aromatic carbocycles. The predicted molar refractivity (Wildman–Crippen MR) is 112 cm³/mol. The molecule has 7 nitrogen and oxygen atoms in total. The van der Waals surface area contributed by atoms with Crippen LogP contribution in [0.3, 0.4) is 0 Å². The summed E-state index contributed by atoms with van der Waals surface area (Å²) in [5, 5.41) is 5.91. The van der Waals surface area contributed by atoms with Crippen LogP contribution in [-0.2, 0) is 20.8 Å². The van der Waals surface area contributed by atoms with Crippen molar-refractivity contribution in [1.82, 2.24) is 15.1 Å². The Kier molecular flexibility index (Phi) is 6.57. The molecular weight excluding hydrogens is 368 g/mol. The van der Waals surface area contributed by atoms with Gasteiger partial charge in [0.15, 0.2) is 0 Å². The van der Waals surface area contributed by atoms with Gasteiger partial charge in [-0.2, -0.15) is 0 Å². The second kappa shape index (κ2) is 8.95. The van der Waals surface area contributed by atoms with Crippen molar-refractivity contribution in [2.45, 2.75) is 45.6 Å². The van der Waals surface area contributed by atoms with Crippen LogP contribution in [0.25, 0.3) is 0 Å². The molecule has 0 aliphatic carbocycles. The van der Waals surface area contributed by atoms with Gasteiger partial charge in [-0.15, -0.1) is 0 Å². The Labute approximate surface area is 172 Å².